The van der Waals surface area contributed by atoms with Gasteiger partial charge in [0.1, 0.15) is 0 Å². The molecule has 0 radical (unpaired) electrons. The molecule has 3 heteroatoms. The third kappa shape index (κ3) is 2.39. The fourth-order valence-electron chi connectivity index (χ4n) is 2.07. The van der Waals surface area contributed by atoms with Crippen LogP contribution in [0, 0.1) is 13.8 Å². The summed E-state index contributed by atoms with van der Waals surface area (Å²) in [7, 11) is 0. The summed E-state index contributed by atoms with van der Waals surface area (Å²) < 4.78 is 0. The van der Waals surface area contributed by atoms with Gasteiger partial charge < -0.3 is 5.73 Å². The van der Waals surface area contributed by atoms with Crippen LogP contribution in [-0.4, -0.2) is 0 Å². The van der Waals surface area contributed by atoms with E-state index in [4.69, 9.17) is 28.9 Å². The fourth-order valence-corrected chi connectivity index (χ4v) is 2.71. The van der Waals surface area contributed by atoms with Gasteiger partial charge in [0.25, 0.3) is 0 Å². The molecule has 0 heterocycles. The monoisotopic (exact) mass is 279 g/mol. The Morgan fingerprint density at radius 3 is 2.11 bits per heavy atom. The first-order valence-electron chi connectivity index (χ1n) is 5.78. The minimum atomic E-state index is -0.300. The number of rotatable bonds is 2. The average Bonchev–Trinajstić information content (AvgIpc) is 2.32. The summed E-state index contributed by atoms with van der Waals surface area (Å²) in [4.78, 5) is 0. The molecular weight excluding hydrogens is 265 g/mol. The summed E-state index contributed by atoms with van der Waals surface area (Å²) in [5.41, 5.74) is 10.6. The van der Waals surface area contributed by atoms with Gasteiger partial charge in [-0.1, -0.05) is 47.5 Å². The minimum Gasteiger partial charge on any atom is -0.320 e. The van der Waals surface area contributed by atoms with E-state index in [9.17, 15) is 0 Å². The highest BCUT2D eigenvalue weighted by atomic mass is 35.5. The topological polar surface area (TPSA) is 26.0 Å². The number of halogens is 2. The van der Waals surface area contributed by atoms with Gasteiger partial charge in [-0.05, 0) is 42.7 Å². The highest BCUT2D eigenvalue weighted by molar-refractivity contribution is 6.36. The van der Waals surface area contributed by atoms with E-state index in [1.165, 1.54) is 11.1 Å². The fraction of sp³-hybridized carbons (Fsp3) is 0.200. The van der Waals surface area contributed by atoms with Crippen LogP contribution in [0.1, 0.15) is 28.3 Å². The van der Waals surface area contributed by atoms with Crippen molar-refractivity contribution in [2.45, 2.75) is 19.9 Å². The maximum atomic E-state index is 6.32. The van der Waals surface area contributed by atoms with Crippen molar-refractivity contribution in [2.24, 2.45) is 5.73 Å². The Morgan fingerprint density at radius 1 is 0.944 bits per heavy atom. The molecule has 1 unspecified atom stereocenters. The molecule has 18 heavy (non-hydrogen) atoms. The van der Waals surface area contributed by atoms with E-state index in [-0.39, 0.29) is 6.04 Å². The molecule has 0 amide bonds. The van der Waals surface area contributed by atoms with Crippen LogP contribution in [0.2, 0.25) is 10.0 Å². The molecule has 94 valence electrons. The van der Waals surface area contributed by atoms with Crippen molar-refractivity contribution in [2.75, 3.05) is 0 Å². The summed E-state index contributed by atoms with van der Waals surface area (Å²) in [6.45, 7) is 4.13. The first kappa shape index (κ1) is 13.4. The van der Waals surface area contributed by atoms with Gasteiger partial charge in [-0.3, -0.25) is 0 Å². The lowest BCUT2D eigenvalue weighted by molar-refractivity contribution is 0.859. The lowest BCUT2D eigenvalue weighted by Crippen LogP contribution is -2.14. The highest BCUT2D eigenvalue weighted by Gasteiger charge is 2.17. The van der Waals surface area contributed by atoms with Gasteiger partial charge in [0.05, 0.1) is 6.04 Å². The predicted molar refractivity (Wildman–Crippen MR) is 78.4 cm³/mol. The maximum Gasteiger partial charge on any atom is 0.0584 e. The summed E-state index contributed by atoms with van der Waals surface area (Å²) in [5.74, 6) is 0. The Morgan fingerprint density at radius 2 is 1.50 bits per heavy atom. The van der Waals surface area contributed by atoms with Crippen LogP contribution in [0.5, 0.6) is 0 Å². The Kier molecular flexibility index (Phi) is 3.96. The van der Waals surface area contributed by atoms with Crippen molar-refractivity contribution in [1.82, 2.24) is 0 Å². The van der Waals surface area contributed by atoms with Crippen molar-refractivity contribution in [3.63, 3.8) is 0 Å². The SMILES string of the molecule is Cc1cccc(C(N)c2c(Cl)cccc2Cl)c1C. The standard InChI is InChI=1S/C15H15Cl2N/c1-9-5-3-6-11(10(9)2)15(18)14-12(16)7-4-8-13(14)17/h3-8,15H,18H2,1-2H3. The van der Waals surface area contributed by atoms with Crippen LogP contribution in [0.4, 0.5) is 0 Å². The lowest BCUT2D eigenvalue weighted by Gasteiger charge is -2.19. The van der Waals surface area contributed by atoms with E-state index in [2.05, 4.69) is 19.9 Å². The molecule has 0 aliphatic rings. The molecule has 2 N–H and O–H groups in total. The zero-order chi connectivity index (χ0) is 13.3. The maximum absolute atomic E-state index is 6.32. The van der Waals surface area contributed by atoms with Gasteiger partial charge in [-0.25, -0.2) is 0 Å². The van der Waals surface area contributed by atoms with E-state index >= 15 is 0 Å². The number of hydrogen-bond acceptors (Lipinski definition) is 1. The van der Waals surface area contributed by atoms with E-state index in [1.54, 1.807) is 0 Å². The van der Waals surface area contributed by atoms with Crippen molar-refractivity contribution in [3.8, 4) is 0 Å². The number of aryl methyl sites for hydroxylation is 1. The van der Waals surface area contributed by atoms with Crippen LogP contribution in [0.25, 0.3) is 0 Å². The molecule has 0 saturated carbocycles. The Bertz CT molecular complexity index is 558. The molecule has 0 aromatic heterocycles. The molecule has 0 bridgehead atoms. The molecule has 0 fully saturated rings. The molecule has 0 spiro atoms. The molecule has 0 saturated heterocycles. The number of benzene rings is 2. The highest BCUT2D eigenvalue weighted by Crippen LogP contribution is 2.34. The normalized spacial score (nSPS) is 12.5. The molecule has 0 aliphatic carbocycles. The van der Waals surface area contributed by atoms with Crippen molar-refractivity contribution in [3.05, 3.63) is 68.7 Å². The first-order chi connectivity index (χ1) is 8.52. The molecule has 1 atom stereocenters. The van der Waals surface area contributed by atoms with E-state index in [1.807, 2.05) is 30.3 Å². The van der Waals surface area contributed by atoms with Gasteiger partial charge in [0, 0.05) is 15.6 Å². The van der Waals surface area contributed by atoms with Crippen molar-refractivity contribution >= 4 is 23.2 Å². The van der Waals surface area contributed by atoms with E-state index in [0.29, 0.717) is 10.0 Å². The second-order valence-corrected chi connectivity index (χ2v) is 5.22. The predicted octanol–water partition coefficient (Wildman–Crippen LogP) is 4.66. The van der Waals surface area contributed by atoms with E-state index in [0.717, 1.165) is 11.1 Å². The average molecular weight is 280 g/mol. The molecule has 0 aliphatic heterocycles. The zero-order valence-corrected chi connectivity index (χ0v) is 11.9. The second kappa shape index (κ2) is 5.31. The lowest BCUT2D eigenvalue weighted by atomic mass is 9.93. The molecule has 2 aromatic rings. The van der Waals surface area contributed by atoms with Crippen molar-refractivity contribution in [1.29, 1.82) is 0 Å². The quantitative estimate of drug-likeness (QED) is 0.850. The summed E-state index contributed by atoms with van der Waals surface area (Å²) in [6.07, 6.45) is 0. The summed E-state index contributed by atoms with van der Waals surface area (Å²) in [6, 6.07) is 11.2. The molecule has 2 rings (SSSR count). The van der Waals surface area contributed by atoms with Crippen LogP contribution in [0.15, 0.2) is 36.4 Å². The van der Waals surface area contributed by atoms with Gasteiger partial charge in [-0.2, -0.15) is 0 Å². The third-order valence-corrected chi connectivity index (χ3v) is 3.95. The number of nitrogens with two attached hydrogens (primary N) is 1. The molecule has 2 aromatic carbocycles. The van der Waals surface area contributed by atoms with E-state index < -0.39 is 0 Å². The van der Waals surface area contributed by atoms with Crippen molar-refractivity contribution < 1.29 is 0 Å². The van der Waals surface area contributed by atoms with Crippen LogP contribution in [0.3, 0.4) is 0 Å². The van der Waals surface area contributed by atoms with Gasteiger partial charge in [-0.15, -0.1) is 0 Å². The van der Waals surface area contributed by atoms with Crippen LogP contribution in [-0.2, 0) is 0 Å². The molecular formula is C15H15Cl2N. The van der Waals surface area contributed by atoms with Gasteiger partial charge >= 0.3 is 0 Å². The smallest absolute Gasteiger partial charge is 0.0584 e. The Labute approximate surface area is 118 Å². The van der Waals surface area contributed by atoms with Crippen LogP contribution < -0.4 is 5.73 Å². The third-order valence-electron chi connectivity index (χ3n) is 3.29. The Balaban J connectivity index is 2.55. The Hall–Kier alpha value is -1.02. The minimum absolute atomic E-state index is 0.300. The van der Waals surface area contributed by atoms with Gasteiger partial charge in [0.15, 0.2) is 0 Å². The first-order valence-corrected chi connectivity index (χ1v) is 6.53. The largest absolute Gasteiger partial charge is 0.320 e. The van der Waals surface area contributed by atoms with Crippen LogP contribution >= 0.6 is 23.2 Å². The summed E-state index contributed by atoms with van der Waals surface area (Å²) in [5, 5.41) is 1.21. The number of hydrogen-bond donors (Lipinski definition) is 1. The summed E-state index contributed by atoms with van der Waals surface area (Å²) >= 11 is 12.4. The molecule has 1 nitrogen and oxygen atoms in total. The van der Waals surface area contributed by atoms with Gasteiger partial charge in [0.2, 0.25) is 0 Å². The second-order valence-electron chi connectivity index (χ2n) is 4.40. The zero-order valence-electron chi connectivity index (χ0n) is 10.4.